The summed E-state index contributed by atoms with van der Waals surface area (Å²) in [5.41, 5.74) is -0.292. The number of rotatable bonds is 11. The normalized spacial score (nSPS) is 16.3. The maximum atomic E-state index is 13.8. The molecular weight excluding hydrogens is 511 g/mol. The van der Waals surface area contributed by atoms with Gasteiger partial charge in [0.1, 0.15) is 0 Å². The Morgan fingerprint density at radius 1 is 1.14 bits per heavy atom. The van der Waals surface area contributed by atoms with Gasteiger partial charge >= 0.3 is 17.9 Å². The average Bonchev–Trinajstić information content (AvgIpc) is 2.80. The summed E-state index contributed by atoms with van der Waals surface area (Å²) >= 11 is 4.58. The molecule has 0 aliphatic heterocycles. The van der Waals surface area contributed by atoms with Crippen LogP contribution in [0, 0.1) is 5.82 Å². The predicted octanol–water partition coefficient (Wildman–Crippen LogP) is 2.80. The number of hydrogen-bond acceptors (Lipinski definition) is 9. The first kappa shape index (κ1) is 29.5. The van der Waals surface area contributed by atoms with Crippen molar-refractivity contribution in [2.24, 2.45) is 4.99 Å². The first-order valence-electron chi connectivity index (χ1n) is 10.8. The molecule has 1 fully saturated rings. The monoisotopic (exact) mass is 536 g/mol. The Balaban J connectivity index is 0.000000317. The number of pyridine rings is 1. The molecule has 1 aliphatic carbocycles. The van der Waals surface area contributed by atoms with Crippen molar-refractivity contribution in [1.29, 1.82) is 0 Å². The molecule has 4 N–H and O–H groups in total. The van der Waals surface area contributed by atoms with Gasteiger partial charge in [-0.3, -0.25) is 14.6 Å². The van der Waals surface area contributed by atoms with Crippen LogP contribution in [0.2, 0.25) is 0 Å². The van der Waals surface area contributed by atoms with E-state index in [2.05, 4.69) is 27.4 Å². The molecule has 11 nitrogen and oxygen atoms in total. The minimum atomic E-state index is -2.74. The van der Waals surface area contributed by atoms with Crippen LogP contribution in [0.5, 0.6) is 5.75 Å². The highest BCUT2D eigenvalue weighted by atomic mass is 32.1. The van der Waals surface area contributed by atoms with Crippen molar-refractivity contribution in [2.45, 2.75) is 50.0 Å². The van der Waals surface area contributed by atoms with Gasteiger partial charge in [0.25, 0.3) is 0 Å². The largest absolute Gasteiger partial charge is 0.494 e. The van der Waals surface area contributed by atoms with E-state index < -0.39 is 36.4 Å². The molecule has 13 heteroatoms. The van der Waals surface area contributed by atoms with Crippen molar-refractivity contribution in [3.8, 4) is 16.9 Å². The molecule has 3 rings (SSSR count). The molecule has 2 aromatic rings. The Kier molecular flexibility index (Phi) is 10.8. The number of aliphatic imine (C=N–C) groups is 1. The number of methoxy groups -OCH3 is 1. The summed E-state index contributed by atoms with van der Waals surface area (Å²) in [6, 6.07) is 8.91. The van der Waals surface area contributed by atoms with Crippen LogP contribution in [0.4, 0.5) is 4.39 Å². The van der Waals surface area contributed by atoms with E-state index in [1.54, 1.807) is 18.3 Å². The maximum absolute atomic E-state index is 13.8. The minimum Gasteiger partial charge on any atom is -0.494 e. The summed E-state index contributed by atoms with van der Waals surface area (Å²) in [4.78, 5) is 38.9. The average molecular weight is 537 g/mol. The summed E-state index contributed by atoms with van der Waals surface area (Å²) in [6.07, 6.45) is 1.41. The van der Waals surface area contributed by atoms with E-state index in [1.807, 2.05) is 12.1 Å². The lowest BCUT2D eigenvalue weighted by Crippen LogP contribution is -2.42. The molecule has 0 saturated heterocycles. The van der Waals surface area contributed by atoms with Crippen LogP contribution in [0.1, 0.15) is 31.4 Å². The Labute approximate surface area is 216 Å². The second-order valence-electron chi connectivity index (χ2n) is 8.14. The number of halogens is 1. The highest BCUT2D eigenvalue weighted by Gasteiger charge is 2.40. The van der Waals surface area contributed by atoms with Crippen molar-refractivity contribution >= 4 is 35.3 Å². The van der Waals surface area contributed by atoms with Gasteiger partial charge in [0, 0.05) is 11.8 Å². The van der Waals surface area contributed by atoms with E-state index in [4.69, 9.17) is 29.9 Å². The number of aromatic nitrogens is 1. The van der Waals surface area contributed by atoms with Gasteiger partial charge in [0.2, 0.25) is 0 Å². The van der Waals surface area contributed by atoms with Crippen LogP contribution < -0.4 is 4.74 Å². The van der Waals surface area contributed by atoms with Gasteiger partial charge in [0.05, 0.1) is 49.6 Å². The van der Waals surface area contributed by atoms with E-state index in [0.717, 1.165) is 29.7 Å². The van der Waals surface area contributed by atoms with Crippen LogP contribution in [-0.4, -0.2) is 73.3 Å². The number of ether oxygens (including phenoxy) is 2. The number of carboxylic acids is 3. The predicted molar refractivity (Wildman–Crippen MR) is 130 cm³/mol. The lowest BCUT2D eigenvalue weighted by molar-refractivity contribution is -0.170. The van der Waals surface area contributed by atoms with Gasteiger partial charge in [-0.05, 0) is 48.8 Å². The fourth-order valence-corrected chi connectivity index (χ4v) is 3.45. The van der Waals surface area contributed by atoms with Gasteiger partial charge < -0.3 is 29.9 Å². The molecule has 37 heavy (non-hydrogen) atoms. The van der Waals surface area contributed by atoms with Crippen LogP contribution >= 0.6 is 12.2 Å². The summed E-state index contributed by atoms with van der Waals surface area (Å²) in [5.74, 6) is -5.18. The molecule has 0 unspecified atom stereocenters. The Bertz CT molecular complexity index is 1150. The molecule has 1 heterocycles. The number of carbonyl (C=O) groups is 3. The van der Waals surface area contributed by atoms with E-state index in [9.17, 15) is 18.8 Å². The van der Waals surface area contributed by atoms with Crippen LogP contribution in [0.25, 0.3) is 11.1 Å². The first-order chi connectivity index (χ1) is 17.5. The van der Waals surface area contributed by atoms with Crippen molar-refractivity contribution in [1.82, 2.24) is 4.98 Å². The smallest absolute Gasteiger partial charge is 0.336 e. The zero-order valence-electron chi connectivity index (χ0n) is 19.7. The summed E-state index contributed by atoms with van der Waals surface area (Å²) < 4.78 is 24.5. The van der Waals surface area contributed by atoms with Gasteiger partial charge in [-0.25, -0.2) is 14.2 Å². The molecule has 1 aliphatic rings. The number of aliphatic hydroxyl groups is 1. The quantitative estimate of drug-likeness (QED) is 0.245. The van der Waals surface area contributed by atoms with E-state index in [1.165, 1.54) is 13.2 Å². The van der Waals surface area contributed by atoms with Crippen LogP contribution in [0.3, 0.4) is 0 Å². The molecule has 0 radical (unpaired) electrons. The Hall–Kier alpha value is -3.77. The highest BCUT2D eigenvalue weighted by Crippen LogP contribution is 2.28. The molecule has 0 amide bonds. The Morgan fingerprint density at radius 2 is 1.76 bits per heavy atom. The van der Waals surface area contributed by atoms with Gasteiger partial charge in [0.15, 0.2) is 17.2 Å². The van der Waals surface area contributed by atoms with Gasteiger partial charge in [-0.15, -0.1) is 0 Å². The molecule has 0 atom stereocenters. The topological polar surface area (TPSA) is 176 Å². The SMILES string of the molecule is COc1ccc(-c2ccc(COC3CC(N=C=S)C3)nc2)cc1F.O=C(O)CC(O)(CC(=O)O)C(=O)O. The lowest BCUT2D eigenvalue weighted by atomic mass is 9.90. The zero-order chi connectivity index (χ0) is 27.6. The highest BCUT2D eigenvalue weighted by molar-refractivity contribution is 7.78. The molecule has 0 bridgehead atoms. The maximum Gasteiger partial charge on any atom is 0.336 e. The van der Waals surface area contributed by atoms with Crippen LogP contribution in [0.15, 0.2) is 41.5 Å². The van der Waals surface area contributed by atoms with E-state index in [0.29, 0.717) is 6.61 Å². The molecular formula is C24H25FN2O9S. The van der Waals surface area contributed by atoms with Crippen LogP contribution in [-0.2, 0) is 25.7 Å². The third kappa shape index (κ3) is 8.99. The molecule has 1 aromatic heterocycles. The second kappa shape index (κ2) is 13.5. The zero-order valence-corrected chi connectivity index (χ0v) is 20.5. The summed E-state index contributed by atoms with van der Waals surface area (Å²) in [7, 11) is 1.44. The van der Waals surface area contributed by atoms with Gasteiger partial charge in [-0.1, -0.05) is 12.1 Å². The van der Waals surface area contributed by atoms with Crippen molar-refractivity contribution < 1.29 is 48.7 Å². The minimum absolute atomic E-state index is 0.208. The van der Waals surface area contributed by atoms with Crippen molar-refractivity contribution in [3.63, 3.8) is 0 Å². The lowest BCUT2D eigenvalue weighted by Gasteiger charge is -2.31. The number of carboxylic acid groups (broad SMARTS) is 3. The first-order valence-corrected chi connectivity index (χ1v) is 11.2. The number of benzene rings is 1. The molecule has 1 saturated carbocycles. The molecule has 198 valence electrons. The third-order valence-corrected chi connectivity index (χ3v) is 5.47. The number of isothiocyanates is 1. The van der Waals surface area contributed by atoms with E-state index >= 15 is 0 Å². The van der Waals surface area contributed by atoms with Crippen molar-refractivity contribution in [2.75, 3.05) is 7.11 Å². The molecule has 1 aromatic carbocycles. The Morgan fingerprint density at radius 3 is 2.22 bits per heavy atom. The number of thiocarbonyl (C=S) groups is 1. The van der Waals surface area contributed by atoms with E-state index in [-0.39, 0.29) is 23.7 Å². The number of hydrogen-bond donors (Lipinski definition) is 4. The summed E-state index contributed by atoms with van der Waals surface area (Å²) in [6.45, 7) is 0.454. The van der Waals surface area contributed by atoms with Crippen molar-refractivity contribution in [3.05, 3.63) is 48.0 Å². The fraction of sp³-hybridized carbons (Fsp3) is 0.375. The number of aliphatic carboxylic acids is 3. The molecule has 0 spiro atoms. The standard InChI is InChI=1S/C18H17FN2O2S.C6H8O7/c1-22-18-5-3-12(6-17(18)19)13-2-4-14(20-9-13)10-23-16-7-15(8-16)21-11-24;7-3(8)1-6(13,5(11)12)2-4(9)10/h2-6,9,15-16H,7-8,10H2,1H3;13H,1-2H2,(H,7,8)(H,9,10)(H,11,12). The number of nitrogens with zero attached hydrogens (tertiary/aromatic N) is 2. The second-order valence-corrected chi connectivity index (χ2v) is 8.33. The fourth-order valence-electron chi connectivity index (χ4n) is 3.30. The third-order valence-electron chi connectivity index (χ3n) is 5.37. The summed E-state index contributed by atoms with van der Waals surface area (Å²) in [5, 5.41) is 36.2. The van der Waals surface area contributed by atoms with Gasteiger partial charge in [-0.2, -0.15) is 0 Å².